The molecule has 0 saturated heterocycles. The summed E-state index contributed by atoms with van der Waals surface area (Å²) in [6, 6.07) is 18.2. The Morgan fingerprint density at radius 1 is 0.500 bits per heavy atom. The summed E-state index contributed by atoms with van der Waals surface area (Å²) in [6.07, 6.45) is 0. The molecule has 0 unspecified atom stereocenters. The lowest BCUT2D eigenvalue weighted by atomic mass is 10.2. The first-order chi connectivity index (χ1) is 12.5. The van der Waals surface area contributed by atoms with E-state index in [1.54, 1.807) is 24.3 Å². The fraction of sp³-hybridized carbons (Fsp3) is 0.100. The molecule has 0 radical (unpaired) electrons. The van der Waals surface area contributed by atoms with Gasteiger partial charge in [-0.2, -0.15) is 0 Å². The van der Waals surface area contributed by atoms with Gasteiger partial charge in [0.05, 0.1) is 20.1 Å². The summed E-state index contributed by atoms with van der Waals surface area (Å²) >= 11 is 23.8. The molecule has 0 heterocycles. The van der Waals surface area contributed by atoms with E-state index < -0.39 is 0 Å². The van der Waals surface area contributed by atoms with Crippen molar-refractivity contribution in [2.45, 2.75) is 13.2 Å². The number of hydrogen-bond acceptors (Lipinski definition) is 2. The lowest BCUT2D eigenvalue weighted by Crippen LogP contribution is -1.97. The van der Waals surface area contributed by atoms with Crippen LogP contribution in [0.4, 0.5) is 0 Å². The first-order valence-electron chi connectivity index (χ1n) is 7.75. The highest BCUT2D eigenvalue weighted by molar-refractivity contribution is 6.42. The Morgan fingerprint density at radius 3 is 1.23 bits per heavy atom. The van der Waals surface area contributed by atoms with Crippen molar-refractivity contribution in [1.82, 2.24) is 0 Å². The van der Waals surface area contributed by atoms with Crippen LogP contribution in [-0.4, -0.2) is 0 Å². The van der Waals surface area contributed by atoms with Gasteiger partial charge in [0, 0.05) is 0 Å². The Labute approximate surface area is 172 Å². The molecule has 0 spiro atoms. The molecular formula is C20H14Cl4O2. The van der Waals surface area contributed by atoms with Crippen molar-refractivity contribution >= 4 is 46.4 Å². The van der Waals surface area contributed by atoms with Crippen LogP contribution in [-0.2, 0) is 13.2 Å². The Balaban J connectivity index is 1.54. The zero-order valence-electron chi connectivity index (χ0n) is 13.5. The largest absolute Gasteiger partial charge is 0.489 e. The molecule has 6 heteroatoms. The minimum Gasteiger partial charge on any atom is -0.489 e. The topological polar surface area (TPSA) is 18.5 Å². The Kier molecular flexibility index (Phi) is 6.55. The maximum atomic E-state index is 6.00. The first kappa shape index (κ1) is 19.2. The van der Waals surface area contributed by atoms with E-state index in [4.69, 9.17) is 55.9 Å². The van der Waals surface area contributed by atoms with Gasteiger partial charge in [0.2, 0.25) is 0 Å². The van der Waals surface area contributed by atoms with E-state index in [9.17, 15) is 0 Å². The highest BCUT2D eigenvalue weighted by Crippen LogP contribution is 2.25. The third kappa shape index (κ3) is 5.21. The molecule has 0 saturated carbocycles. The van der Waals surface area contributed by atoms with Gasteiger partial charge in [-0.05, 0) is 59.7 Å². The molecule has 3 rings (SSSR count). The number of hydrogen-bond donors (Lipinski definition) is 0. The van der Waals surface area contributed by atoms with Crippen LogP contribution in [0.5, 0.6) is 11.5 Å². The van der Waals surface area contributed by atoms with E-state index in [1.165, 1.54) is 0 Å². The van der Waals surface area contributed by atoms with Gasteiger partial charge in [0.1, 0.15) is 24.7 Å². The van der Waals surface area contributed by atoms with Gasteiger partial charge >= 0.3 is 0 Å². The number of ether oxygens (including phenoxy) is 2. The Bertz CT molecular complexity index is 820. The van der Waals surface area contributed by atoms with Crippen molar-refractivity contribution in [3.8, 4) is 11.5 Å². The van der Waals surface area contributed by atoms with Crippen molar-refractivity contribution < 1.29 is 9.47 Å². The average molecular weight is 428 g/mol. The molecule has 2 nitrogen and oxygen atoms in total. The summed E-state index contributed by atoms with van der Waals surface area (Å²) in [7, 11) is 0. The molecule has 0 aliphatic carbocycles. The molecule has 3 aromatic carbocycles. The van der Waals surface area contributed by atoms with Gasteiger partial charge < -0.3 is 9.47 Å². The average Bonchev–Trinajstić information content (AvgIpc) is 2.64. The standard InChI is InChI=1S/C20H14Cl4O2/c21-17-7-1-13(9-19(17)23)11-25-15-3-5-16(6-4-15)26-12-14-2-8-18(22)20(24)10-14/h1-10H,11-12H2. The summed E-state index contributed by atoms with van der Waals surface area (Å²) < 4.78 is 11.5. The predicted molar refractivity (Wildman–Crippen MR) is 108 cm³/mol. The van der Waals surface area contributed by atoms with Crippen molar-refractivity contribution in [1.29, 1.82) is 0 Å². The van der Waals surface area contributed by atoms with Crippen molar-refractivity contribution in [2.24, 2.45) is 0 Å². The van der Waals surface area contributed by atoms with Gasteiger partial charge in [-0.1, -0.05) is 58.5 Å². The first-order valence-corrected chi connectivity index (χ1v) is 9.26. The molecule has 0 fully saturated rings. The summed E-state index contributed by atoms with van der Waals surface area (Å²) in [4.78, 5) is 0. The van der Waals surface area contributed by atoms with E-state index in [0.29, 0.717) is 33.3 Å². The van der Waals surface area contributed by atoms with E-state index in [0.717, 1.165) is 22.6 Å². The van der Waals surface area contributed by atoms with Crippen LogP contribution >= 0.6 is 46.4 Å². The van der Waals surface area contributed by atoms with Gasteiger partial charge in [-0.15, -0.1) is 0 Å². The van der Waals surface area contributed by atoms with Crippen molar-refractivity contribution in [2.75, 3.05) is 0 Å². The highest BCUT2D eigenvalue weighted by Gasteiger charge is 2.03. The zero-order chi connectivity index (χ0) is 18.5. The summed E-state index contributed by atoms with van der Waals surface area (Å²) in [5.74, 6) is 1.47. The summed E-state index contributed by atoms with van der Waals surface area (Å²) in [6.45, 7) is 0.806. The van der Waals surface area contributed by atoms with Gasteiger partial charge in [-0.25, -0.2) is 0 Å². The van der Waals surface area contributed by atoms with Crippen LogP contribution in [0.2, 0.25) is 20.1 Å². The monoisotopic (exact) mass is 426 g/mol. The van der Waals surface area contributed by atoms with Crippen molar-refractivity contribution in [3.63, 3.8) is 0 Å². The molecule has 0 atom stereocenters. The molecule has 3 aromatic rings. The predicted octanol–water partition coefficient (Wildman–Crippen LogP) is 7.46. The minimum absolute atomic E-state index is 0.403. The van der Waals surface area contributed by atoms with Gasteiger partial charge in [0.15, 0.2) is 0 Å². The van der Waals surface area contributed by atoms with E-state index >= 15 is 0 Å². The second kappa shape index (κ2) is 8.88. The summed E-state index contributed by atoms with van der Waals surface area (Å²) in [5, 5.41) is 2.08. The molecule has 0 aliphatic heterocycles. The maximum Gasteiger partial charge on any atom is 0.120 e. The smallest absolute Gasteiger partial charge is 0.120 e. The molecular weight excluding hydrogens is 414 g/mol. The van der Waals surface area contributed by atoms with Gasteiger partial charge in [-0.3, -0.25) is 0 Å². The molecule has 0 aliphatic rings. The minimum atomic E-state index is 0.403. The number of halogens is 4. The lowest BCUT2D eigenvalue weighted by Gasteiger charge is -2.10. The van der Waals surface area contributed by atoms with E-state index in [1.807, 2.05) is 36.4 Å². The van der Waals surface area contributed by atoms with Crippen LogP contribution < -0.4 is 9.47 Å². The third-order valence-electron chi connectivity index (χ3n) is 3.60. The van der Waals surface area contributed by atoms with Crippen LogP contribution in [0, 0.1) is 0 Å². The third-order valence-corrected chi connectivity index (χ3v) is 5.08. The van der Waals surface area contributed by atoms with Crippen LogP contribution in [0.15, 0.2) is 60.7 Å². The molecule has 134 valence electrons. The van der Waals surface area contributed by atoms with E-state index in [2.05, 4.69) is 0 Å². The maximum absolute atomic E-state index is 6.00. The molecule has 0 aromatic heterocycles. The van der Waals surface area contributed by atoms with Crippen LogP contribution in [0.25, 0.3) is 0 Å². The number of rotatable bonds is 6. The summed E-state index contributed by atoms with van der Waals surface area (Å²) in [5.41, 5.74) is 1.89. The highest BCUT2D eigenvalue weighted by atomic mass is 35.5. The second-order valence-corrected chi connectivity index (χ2v) is 7.17. The SMILES string of the molecule is Clc1ccc(COc2ccc(OCc3ccc(Cl)c(Cl)c3)cc2)cc1Cl. The van der Waals surface area contributed by atoms with Crippen LogP contribution in [0.3, 0.4) is 0 Å². The molecule has 0 N–H and O–H groups in total. The van der Waals surface area contributed by atoms with E-state index in [-0.39, 0.29) is 0 Å². The molecule has 26 heavy (non-hydrogen) atoms. The van der Waals surface area contributed by atoms with Gasteiger partial charge in [0.25, 0.3) is 0 Å². The zero-order valence-corrected chi connectivity index (χ0v) is 16.5. The Hall–Kier alpha value is -1.58. The lowest BCUT2D eigenvalue weighted by molar-refractivity contribution is 0.297. The van der Waals surface area contributed by atoms with Crippen molar-refractivity contribution in [3.05, 3.63) is 91.9 Å². The fourth-order valence-corrected chi connectivity index (χ4v) is 2.87. The Morgan fingerprint density at radius 2 is 0.885 bits per heavy atom. The van der Waals surface area contributed by atoms with Crippen LogP contribution in [0.1, 0.15) is 11.1 Å². The second-order valence-electron chi connectivity index (χ2n) is 5.55. The fourth-order valence-electron chi connectivity index (χ4n) is 2.22. The number of benzene rings is 3. The molecule has 0 bridgehead atoms. The quantitative estimate of drug-likeness (QED) is 0.406. The molecule has 0 amide bonds. The normalized spacial score (nSPS) is 10.6.